The maximum Gasteiger partial charge on any atom is 0.415 e. The zero-order valence-corrected chi connectivity index (χ0v) is 34.8. The van der Waals surface area contributed by atoms with Gasteiger partial charge >= 0.3 is 18.0 Å². The quantitative estimate of drug-likeness (QED) is 0.0640. The van der Waals surface area contributed by atoms with Crippen molar-refractivity contribution in [3.8, 4) is 11.5 Å². The molecular weight excluding hydrogens is 773 g/mol. The number of hydrogen-bond acceptors (Lipinski definition) is 12. The Morgan fingerprint density at radius 1 is 0.912 bits per heavy atom. The standard InChI is InChI=1S/C41H56N4O10S2/c1-27(2)24-32(43-35(46)26-52-34-16-10-8-12-28(34)3)37(48)44-33(38(49)54-29(4)53-36(47)17-11-9-15-31-18-23-56-57-31)25-41(39(42)50)19-21-45(22-20-41)40(51)55-30-13-6-5-7-14-30/h5-8,10,12-14,16,27,29,31-33H,9,11,15,17-26H2,1-4H3,(H2,42,50)(H,43,46)(H,44,48)/t29?,31?,32?,33-/m0/s1. The van der Waals surface area contributed by atoms with Crippen LogP contribution in [-0.4, -0.2) is 89.7 Å². The molecule has 0 aromatic heterocycles. The number of para-hydroxylation sites is 2. The van der Waals surface area contributed by atoms with E-state index in [2.05, 4.69) is 10.6 Å². The number of carbonyl (C=O) groups excluding carboxylic acids is 6. The minimum atomic E-state index is -1.44. The first-order valence-corrected chi connectivity index (χ1v) is 21.9. The second-order valence-electron chi connectivity index (χ2n) is 15.0. The molecule has 4 amide bonds. The van der Waals surface area contributed by atoms with Crippen LogP contribution in [0.15, 0.2) is 54.6 Å². The Labute approximate surface area is 342 Å². The van der Waals surface area contributed by atoms with Crippen molar-refractivity contribution in [2.24, 2.45) is 17.1 Å². The van der Waals surface area contributed by atoms with Crippen molar-refractivity contribution in [2.75, 3.05) is 25.4 Å². The van der Waals surface area contributed by atoms with E-state index in [9.17, 15) is 28.8 Å². The number of nitrogens with zero attached hydrogens (tertiary/aromatic N) is 1. The van der Waals surface area contributed by atoms with Crippen LogP contribution in [0.4, 0.5) is 4.79 Å². The molecule has 4 N–H and O–H groups in total. The molecule has 0 aliphatic carbocycles. The van der Waals surface area contributed by atoms with Crippen molar-refractivity contribution >= 4 is 57.3 Å². The fourth-order valence-electron chi connectivity index (χ4n) is 6.70. The molecule has 0 spiro atoms. The number of aryl methyl sites for hydroxylation is 1. The van der Waals surface area contributed by atoms with E-state index in [0.717, 1.165) is 30.6 Å². The van der Waals surface area contributed by atoms with Crippen molar-refractivity contribution < 1.29 is 47.7 Å². The van der Waals surface area contributed by atoms with Gasteiger partial charge in [0.1, 0.15) is 23.6 Å². The number of likely N-dealkylation sites (tertiary alicyclic amines) is 1. The van der Waals surface area contributed by atoms with Crippen molar-refractivity contribution in [2.45, 2.75) is 109 Å². The van der Waals surface area contributed by atoms with Gasteiger partial charge in [-0.25, -0.2) is 9.59 Å². The van der Waals surface area contributed by atoms with Crippen LogP contribution in [0.2, 0.25) is 0 Å². The lowest BCUT2D eigenvalue weighted by Crippen LogP contribution is -2.57. The van der Waals surface area contributed by atoms with E-state index in [4.69, 9.17) is 24.7 Å². The Morgan fingerprint density at radius 3 is 2.26 bits per heavy atom. The van der Waals surface area contributed by atoms with Crippen LogP contribution >= 0.6 is 21.6 Å². The molecular formula is C41H56N4O10S2. The number of nitrogens with one attached hydrogen (secondary N) is 2. The summed E-state index contributed by atoms with van der Waals surface area (Å²) in [5.41, 5.74) is 5.49. The van der Waals surface area contributed by atoms with E-state index < -0.39 is 59.5 Å². The molecule has 2 heterocycles. The number of esters is 2. The molecule has 0 saturated carbocycles. The lowest BCUT2D eigenvalue weighted by molar-refractivity contribution is -0.187. The number of piperidine rings is 1. The summed E-state index contributed by atoms with van der Waals surface area (Å²) in [5, 5.41) is 6.02. The summed E-state index contributed by atoms with van der Waals surface area (Å²) in [6.45, 7) is 6.82. The first-order valence-electron chi connectivity index (χ1n) is 19.5. The molecule has 312 valence electrons. The summed E-state index contributed by atoms with van der Waals surface area (Å²) < 4.78 is 22.1. The van der Waals surface area contributed by atoms with Gasteiger partial charge in [0.05, 0.1) is 5.41 Å². The van der Waals surface area contributed by atoms with Gasteiger partial charge in [-0.15, -0.1) is 0 Å². The first kappa shape index (κ1) is 45.3. The van der Waals surface area contributed by atoms with Crippen LogP contribution in [-0.2, 0) is 33.4 Å². The fraction of sp³-hybridized carbons (Fsp3) is 0.561. The highest BCUT2D eigenvalue weighted by atomic mass is 33.1. The van der Waals surface area contributed by atoms with E-state index in [1.54, 1.807) is 42.5 Å². The van der Waals surface area contributed by atoms with Crippen molar-refractivity contribution in [1.82, 2.24) is 15.5 Å². The molecule has 2 saturated heterocycles. The van der Waals surface area contributed by atoms with Crippen molar-refractivity contribution in [1.29, 1.82) is 0 Å². The lowest BCUT2D eigenvalue weighted by atomic mass is 9.73. The van der Waals surface area contributed by atoms with Crippen LogP contribution in [0.5, 0.6) is 11.5 Å². The monoisotopic (exact) mass is 828 g/mol. The molecule has 2 aromatic carbocycles. The molecule has 3 unspecified atom stereocenters. The second-order valence-corrected chi connectivity index (χ2v) is 17.7. The van der Waals surface area contributed by atoms with Crippen molar-refractivity contribution in [3.05, 3.63) is 60.2 Å². The predicted octanol–water partition coefficient (Wildman–Crippen LogP) is 5.69. The summed E-state index contributed by atoms with van der Waals surface area (Å²) in [6, 6.07) is 13.3. The van der Waals surface area contributed by atoms with Crippen LogP contribution in [0.25, 0.3) is 0 Å². The van der Waals surface area contributed by atoms with E-state index in [0.29, 0.717) is 23.2 Å². The Morgan fingerprint density at radius 2 is 1.61 bits per heavy atom. The molecule has 2 fully saturated rings. The van der Waals surface area contributed by atoms with Gasteiger partial charge in [-0.2, -0.15) is 0 Å². The summed E-state index contributed by atoms with van der Waals surface area (Å²) in [4.78, 5) is 81.1. The second kappa shape index (κ2) is 22.5. The largest absolute Gasteiger partial charge is 0.484 e. The van der Waals surface area contributed by atoms with Crippen LogP contribution in [0.3, 0.4) is 0 Å². The fourth-order valence-corrected chi connectivity index (χ4v) is 9.73. The highest BCUT2D eigenvalue weighted by Crippen LogP contribution is 2.40. The number of rotatable bonds is 20. The molecule has 4 rings (SSSR count). The Hall–Kier alpha value is -4.44. The number of amides is 4. The van der Waals surface area contributed by atoms with Gasteiger partial charge in [0.2, 0.25) is 18.1 Å². The average Bonchev–Trinajstić information content (AvgIpc) is 3.70. The first-order chi connectivity index (χ1) is 27.2. The van der Waals surface area contributed by atoms with Gasteiger partial charge in [-0.1, -0.05) is 78.3 Å². The minimum absolute atomic E-state index is 0.0455. The lowest BCUT2D eigenvalue weighted by Gasteiger charge is -2.40. The Kier molecular flexibility index (Phi) is 17.9. The molecule has 4 atom stereocenters. The number of nitrogens with two attached hydrogens (primary N) is 1. The van der Waals surface area contributed by atoms with Gasteiger partial charge in [0.15, 0.2) is 6.61 Å². The molecule has 0 bridgehead atoms. The number of unbranched alkanes of at least 4 members (excludes halogenated alkanes) is 1. The zero-order chi connectivity index (χ0) is 41.4. The number of ether oxygens (including phenoxy) is 4. The SMILES string of the molecule is Cc1ccccc1OCC(=O)NC(CC(C)C)C(=O)N[C@@H](CC1(C(N)=O)CCN(C(=O)Oc2ccccc2)CC1)C(=O)OC(C)OC(=O)CCCCC1CCSS1. The van der Waals surface area contributed by atoms with Crippen LogP contribution in [0.1, 0.15) is 84.1 Å². The summed E-state index contributed by atoms with van der Waals surface area (Å²) in [7, 11) is 3.75. The topological polar surface area (TPSA) is 193 Å². The summed E-state index contributed by atoms with van der Waals surface area (Å²) in [5.74, 6) is -1.47. The third-order valence-electron chi connectivity index (χ3n) is 9.92. The van der Waals surface area contributed by atoms with Crippen LogP contribution in [0, 0.1) is 18.3 Å². The molecule has 57 heavy (non-hydrogen) atoms. The Balaban J connectivity index is 1.44. The normalized spacial score (nSPS) is 17.8. The summed E-state index contributed by atoms with van der Waals surface area (Å²) in [6.07, 6.45) is 2.02. The van der Waals surface area contributed by atoms with E-state index in [1.807, 2.05) is 54.5 Å². The average molecular weight is 829 g/mol. The van der Waals surface area contributed by atoms with E-state index >= 15 is 0 Å². The number of carbonyl (C=O) groups is 6. The molecule has 2 aliphatic heterocycles. The molecule has 2 aromatic rings. The smallest absolute Gasteiger partial charge is 0.415 e. The van der Waals surface area contributed by atoms with Gasteiger partial charge < -0.3 is 40.2 Å². The number of benzene rings is 2. The van der Waals surface area contributed by atoms with E-state index in [-0.39, 0.29) is 57.7 Å². The van der Waals surface area contributed by atoms with Gasteiger partial charge in [-0.05, 0) is 81.5 Å². The molecule has 2 aliphatic rings. The highest BCUT2D eigenvalue weighted by Gasteiger charge is 2.45. The van der Waals surface area contributed by atoms with Gasteiger partial charge in [0, 0.05) is 37.4 Å². The highest BCUT2D eigenvalue weighted by molar-refractivity contribution is 8.77. The molecule has 14 nitrogen and oxygen atoms in total. The zero-order valence-electron chi connectivity index (χ0n) is 33.2. The molecule has 16 heteroatoms. The Bertz CT molecular complexity index is 1670. The number of primary amides is 1. The summed E-state index contributed by atoms with van der Waals surface area (Å²) >= 11 is 0. The minimum Gasteiger partial charge on any atom is -0.484 e. The van der Waals surface area contributed by atoms with Gasteiger partial charge in [-0.3, -0.25) is 19.2 Å². The van der Waals surface area contributed by atoms with E-state index in [1.165, 1.54) is 11.8 Å². The third kappa shape index (κ3) is 14.8. The van der Waals surface area contributed by atoms with Crippen molar-refractivity contribution in [3.63, 3.8) is 0 Å². The maximum absolute atomic E-state index is 13.9. The maximum atomic E-state index is 13.9. The molecule has 0 radical (unpaired) electrons. The van der Waals surface area contributed by atoms with Crippen LogP contribution < -0.4 is 25.8 Å². The third-order valence-corrected chi connectivity index (χ3v) is 12.9. The number of hydrogen-bond donors (Lipinski definition) is 3. The van der Waals surface area contributed by atoms with Gasteiger partial charge in [0.25, 0.3) is 5.91 Å². The predicted molar refractivity (Wildman–Crippen MR) is 218 cm³/mol.